The molecular weight excluding hydrogens is 378 g/mol. The number of ether oxygens (including phenoxy) is 1. The monoisotopic (exact) mass is 399 g/mol. The van der Waals surface area contributed by atoms with Crippen molar-refractivity contribution in [1.82, 2.24) is 15.0 Å². The zero-order chi connectivity index (χ0) is 21.1. The van der Waals surface area contributed by atoms with E-state index in [2.05, 4.69) is 25.6 Å². The molecule has 2 aromatic carbocycles. The van der Waals surface area contributed by atoms with E-state index >= 15 is 0 Å². The fourth-order valence-corrected chi connectivity index (χ4v) is 3.17. The molecule has 0 fully saturated rings. The Hall–Kier alpha value is -4.00. The number of benzene rings is 2. The van der Waals surface area contributed by atoms with Gasteiger partial charge in [-0.3, -0.25) is 9.78 Å². The summed E-state index contributed by atoms with van der Waals surface area (Å²) < 4.78 is 5.40. The van der Waals surface area contributed by atoms with Gasteiger partial charge in [0.25, 0.3) is 5.91 Å². The zero-order valence-corrected chi connectivity index (χ0v) is 16.9. The van der Waals surface area contributed by atoms with Crippen LogP contribution in [-0.2, 0) is 0 Å². The van der Waals surface area contributed by atoms with Crippen LogP contribution in [0.4, 0.5) is 17.3 Å². The molecule has 0 aliphatic rings. The molecule has 0 spiro atoms. The molecule has 4 rings (SSSR count). The lowest BCUT2D eigenvalue weighted by molar-refractivity contribution is 0.102. The minimum absolute atomic E-state index is 0.254. The number of para-hydroxylation sites is 1. The van der Waals surface area contributed by atoms with Crippen LogP contribution in [0.5, 0.6) is 5.75 Å². The number of hydrogen-bond acceptors (Lipinski definition) is 6. The molecule has 0 saturated heterocycles. The van der Waals surface area contributed by atoms with Crippen LogP contribution in [0.25, 0.3) is 10.9 Å². The van der Waals surface area contributed by atoms with Crippen LogP contribution in [0.1, 0.15) is 21.7 Å². The number of rotatable bonds is 5. The van der Waals surface area contributed by atoms with Crippen LogP contribution in [-0.4, -0.2) is 28.0 Å². The number of aromatic nitrogens is 3. The second-order valence-corrected chi connectivity index (χ2v) is 6.88. The molecule has 0 unspecified atom stereocenters. The largest absolute Gasteiger partial charge is 0.495 e. The number of fused-ring (bicyclic) bond motifs is 1. The van der Waals surface area contributed by atoms with Gasteiger partial charge in [0.1, 0.15) is 11.4 Å². The van der Waals surface area contributed by atoms with Gasteiger partial charge in [-0.05, 0) is 49.7 Å². The smallest absolute Gasteiger partial charge is 0.274 e. The Kier molecular flexibility index (Phi) is 5.26. The number of anilines is 3. The Morgan fingerprint density at radius 1 is 0.967 bits per heavy atom. The lowest BCUT2D eigenvalue weighted by Gasteiger charge is -2.12. The van der Waals surface area contributed by atoms with E-state index < -0.39 is 0 Å². The molecule has 0 saturated carbocycles. The van der Waals surface area contributed by atoms with Gasteiger partial charge in [0.05, 0.1) is 24.0 Å². The highest BCUT2D eigenvalue weighted by Gasteiger charge is 2.14. The minimum Gasteiger partial charge on any atom is -0.495 e. The van der Waals surface area contributed by atoms with Crippen LogP contribution in [0.3, 0.4) is 0 Å². The van der Waals surface area contributed by atoms with Crippen molar-refractivity contribution < 1.29 is 9.53 Å². The Labute approximate surface area is 174 Å². The topological polar surface area (TPSA) is 89.0 Å². The van der Waals surface area contributed by atoms with Crippen molar-refractivity contribution in [3.05, 3.63) is 77.7 Å². The fourth-order valence-electron chi connectivity index (χ4n) is 3.17. The van der Waals surface area contributed by atoms with Crippen molar-refractivity contribution in [1.29, 1.82) is 0 Å². The third-order valence-electron chi connectivity index (χ3n) is 4.57. The second-order valence-electron chi connectivity index (χ2n) is 6.88. The second kappa shape index (κ2) is 8.16. The van der Waals surface area contributed by atoms with E-state index in [0.717, 1.165) is 22.2 Å². The number of pyridine rings is 1. The number of carbonyl (C=O) groups is 1. The van der Waals surface area contributed by atoms with Gasteiger partial charge in [-0.25, -0.2) is 9.97 Å². The van der Waals surface area contributed by atoms with Gasteiger partial charge < -0.3 is 15.4 Å². The summed E-state index contributed by atoms with van der Waals surface area (Å²) in [5.74, 6) is 0.650. The molecule has 1 amide bonds. The van der Waals surface area contributed by atoms with Crippen LogP contribution in [0, 0.1) is 13.8 Å². The molecule has 2 heterocycles. The van der Waals surface area contributed by atoms with E-state index in [4.69, 9.17) is 4.74 Å². The molecule has 30 heavy (non-hydrogen) atoms. The number of aryl methyl sites for hydroxylation is 2. The van der Waals surface area contributed by atoms with E-state index in [0.29, 0.717) is 23.1 Å². The maximum absolute atomic E-state index is 12.9. The lowest BCUT2D eigenvalue weighted by Crippen LogP contribution is -2.16. The summed E-state index contributed by atoms with van der Waals surface area (Å²) in [5, 5.41) is 7.01. The molecule has 7 heteroatoms. The predicted molar refractivity (Wildman–Crippen MR) is 117 cm³/mol. The van der Waals surface area contributed by atoms with E-state index in [9.17, 15) is 4.79 Å². The molecule has 0 radical (unpaired) electrons. The molecule has 2 aromatic heterocycles. The lowest BCUT2D eigenvalue weighted by atomic mass is 10.2. The highest BCUT2D eigenvalue weighted by atomic mass is 16.5. The Balaban J connectivity index is 1.63. The van der Waals surface area contributed by atoms with Gasteiger partial charge in [0.15, 0.2) is 0 Å². The molecule has 0 aliphatic carbocycles. The maximum atomic E-state index is 12.9. The number of nitrogens with one attached hydrogen (secondary N) is 2. The number of nitrogens with zero attached hydrogens (tertiary/aromatic N) is 3. The van der Waals surface area contributed by atoms with E-state index in [1.807, 2.05) is 62.4 Å². The molecular formula is C23H21N5O2. The highest BCUT2D eigenvalue weighted by molar-refractivity contribution is 6.07. The van der Waals surface area contributed by atoms with Gasteiger partial charge in [-0.1, -0.05) is 24.3 Å². The first-order valence-electron chi connectivity index (χ1n) is 9.46. The number of carbonyl (C=O) groups excluding carboxylic acids is 1. The van der Waals surface area contributed by atoms with Gasteiger partial charge in [-0.15, -0.1) is 0 Å². The van der Waals surface area contributed by atoms with Crippen LogP contribution in [0.2, 0.25) is 0 Å². The first kappa shape index (κ1) is 19.3. The van der Waals surface area contributed by atoms with Crippen molar-refractivity contribution in [2.24, 2.45) is 0 Å². The molecule has 0 aliphatic heterocycles. The molecule has 4 aromatic rings. The van der Waals surface area contributed by atoms with Gasteiger partial charge in [-0.2, -0.15) is 0 Å². The van der Waals surface area contributed by atoms with E-state index in [-0.39, 0.29) is 11.6 Å². The Morgan fingerprint density at radius 2 is 1.80 bits per heavy atom. The maximum Gasteiger partial charge on any atom is 0.274 e. The quantitative estimate of drug-likeness (QED) is 0.508. The summed E-state index contributed by atoms with van der Waals surface area (Å²) >= 11 is 0. The number of methoxy groups -OCH3 is 1. The standard InChI is InChI=1S/C23H21N5O2/c1-14-9-10-20(30-3)18(12-14)27-23-25-15(2)13-19(28-23)22(29)26-17-8-4-6-16-7-5-11-24-21(16)17/h4-13H,1-3H3,(H,26,29)(H,25,27,28). The van der Waals surface area contributed by atoms with Crippen molar-refractivity contribution >= 4 is 34.1 Å². The SMILES string of the molecule is COc1ccc(C)cc1Nc1nc(C)cc(C(=O)Nc2cccc3cccnc23)n1. The van der Waals surface area contributed by atoms with Crippen molar-refractivity contribution in [2.75, 3.05) is 17.7 Å². The summed E-state index contributed by atoms with van der Waals surface area (Å²) in [6.45, 7) is 3.80. The van der Waals surface area contributed by atoms with Crippen molar-refractivity contribution in [2.45, 2.75) is 13.8 Å². The average Bonchev–Trinajstić information content (AvgIpc) is 2.74. The molecule has 150 valence electrons. The highest BCUT2D eigenvalue weighted by Crippen LogP contribution is 2.28. The van der Waals surface area contributed by atoms with Crippen LogP contribution in [0.15, 0.2) is 60.8 Å². The predicted octanol–water partition coefficient (Wildman–Crippen LogP) is 4.65. The van der Waals surface area contributed by atoms with Gasteiger partial charge in [0, 0.05) is 17.3 Å². The van der Waals surface area contributed by atoms with Gasteiger partial charge in [0.2, 0.25) is 5.95 Å². The average molecular weight is 399 g/mol. The van der Waals surface area contributed by atoms with Crippen molar-refractivity contribution in [3.8, 4) is 5.75 Å². The zero-order valence-electron chi connectivity index (χ0n) is 16.9. The van der Waals surface area contributed by atoms with Crippen LogP contribution >= 0.6 is 0 Å². The summed E-state index contributed by atoms with van der Waals surface area (Å²) in [6.07, 6.45) is 1.70. The van der Waals surface area contributed by atoms with Crippen molar-refractivity contribution in [3.63, 3.8) is 0 Å². The molecule has 2 N–H and O–H groups in total. The Bertz CT molecular complexity index is 1230. The summed E-state index contributed by atoms with van der Waals surface area (Å²) in [4.78, 5) is 26.1. The number of hydrogen-bond donors (Lipinski definition) is 2. The number of amides is 1. The van der Waals surface area contributed by atoms with E-state index in [1.165, 1.54) is 0 Å². The fraction of sp³-hybridized carbons (Fsp3) is 0.130. The first-order valence-corrected chi connectivity index (χ1v) is 9.46. The molecule has 0 bridgehead atoms. The van der Waals surface area contributed by atoms with E-state index in [1.54, 1.807) is 19.4 Å². The summed E-state index contributed by atoms with van der Waals surface area (Å²) in [5.41, 5.74) is 4.07. The minimum atomic E-state index is -0.335. The summed E-state index contributed by atoms with van der Waals surface area (Å²) in [6, 6.07) is 16.9. The molecule has 0 atom stereocenters. The molecule has 7 nitrogen and oxygen atoms in total. The van der Waals surface area contributed by atoms with Gasteiger partial charge >= 0.3 is 0 Å². The Morgan fingerprint density at radius 3 is 2.63 bits per heavy atom. The first-order chi connectivity index (χ1) is 14.5. The van der Waals surface area contributed by atoms with Crippen LogP contribution < -0.4 is 15.4 Å². The third kappa shape index (κ3) is 4.05. The third-order valence-corrected chi connectivity index (χ3v) is 4.57. The normalized spacial score (nSPS) is 10.6. The summed E-state index contributed by atoms with van der Waals surface area (Å²) in [7, 11) is 1.60.